The summed E-state index contributed by atoms with van der Waals surface area (Å²) in [6, 6.07) is 5.82. The molecular weight excluding hydrogens is 162 g/mol. The van der Waals surface area contributed by atoms with E-state index in [1.54, 1.807) is 6.92 Å². The molecule has 1 N–H and O–H groups in total. The summed E-state index contributed by atoms with van der Waals surface area (Å²) in [4.78, 5) is 14.3. The molecule has 2 nitrogen and oxygen atoms in total. The van der Waals surface area contributed by atoms with Crippen LogP contribution >= 0.6 is 0 Å². The van der Waals surface area contributed by atoms with E-state index in [-0.39, 0.29) is 5.78 Å². The standard InChI is InChI=1S/C11H11NO/c1-7-5-10(8(2)13)6-9-3-4-12-11(7)9/h3-6,12H,1-2H3. The van der Waals surface area contributed by atoms with Gasteiger partial charge in [-0.05, 0) is 37.6 Å². The van der Waals surface area contributed by atoms with E-state index < -0.39 is 0 Å². The molecule has 1 aromatic heterocycles. The molecule has 0 unspecified atom stereocenters. The van der Waals surface area contributed by atoms with E-state index in [4.69, 9.17) is 0 Å². The second-order valence-corrected chi connectivity index (χ2v) is 3.29. The highest BCUT2D eigenvalue weighted by Gasteiger charge is 2.04. The summed E-state index contributed by atoms with van der Waals surface area (Å²) in [5.74, 6) is 0.117. The van der Waals surface area contributed by atoms with Crippen LogP contribution in [0.25, 0.3) is 10.9 Å². The Hall–Kier alpha value is -1.57. The van der Waals surface area contributed by atoms with E-state index in [2.05, 4.69) is 4.98 Å². The Morgan fingerprint density at radius 1 is 1.38 bits per heavy atom. The van der Waals surface area contributed by atoms with Crippen LogP contribution in [0.3, 0.4) is 0 Å². The fraction of sp³-hybridized carbons (Fsp3) is 0.182. The third-order valence-electron chi connectivity index (χ3n) is 2.26. The maximum Gasteiger partial charge on any atom is 0.159 e. The number of ketones is 1. The molecule has 0 amide bonds. The van der Waals surface area contributed by atoms with Gasteiger partial charge in [-0.2, -0.15) is 0 Å². The van der Waals surface area contributed by atoms with Gasteiger partial charge in [-0.15, -0.1) is 0 Å². The number of nitrogens with one attached hydrogen (secondary N) is 1. The molecule has 0 fully saturated rings. The minimum atomic E-state index is 0.117. The van der Waals surface area contributed by atoms with Crippen LogP contribution in [0.2, 0.25) is 0 Å². The summed E-state index contributed by atoms with van der Waals surface area (Å²) in [6.45, 7) is 3.60. The quantitative estimate of drug-likeness (QED) is 0.661. The number of hydrogen-bond acceptors (Lipinski definition) is 1. The molecular formula is C11H11NO. The Bertz CT molecular complexity index is 468. The Balaban J connectivity index is 2.77. The van der Waals surface area contributed by atoms with Crippen molar-refractivity contribution in [2.24, 2.45) is 0 Å². The summed E-state index contributed by atoms with van der Waals surface area (Å²) >= 11 is 0. The molecule has 0 spiro atoms. The zero-order valence-electron chi connectivity index (χ0n) is 7.72. The van der Waals surface area contributed by atoms with Crippen molar-refractivity contribution >= 4 is 16.7 Å². The van der Waals surface area contributed by atoms with Crippen molar-refractivity contribution in [2.45, 2.75) is 13.8 Å². The summed E-state index contributed by atoms with van der Waals surface area (Å²) in [5.41, 5.74) is 3.02. The van der Waals surface area contributed by atoms with Crippen LogP contribution in [0.4, 0.5) is 0 Å². The number of carbonyl (C=O) groups is 1. The highest BCUT2D eigenvalue weighted by Crippen LogP contribution is 2.19. The van der Waals surface area contributed by atoms with Gasteiger partial charge in [-0.25, -0.2) is 0 Å². The molecule has 0 atom stereocenters. The Morgan fingerprint density at radius 3 is 2.85 bits per heavy atom. The van der Waals surface area contributed by atoms with Gasteiger partial charge >= 0.3 is 0 Å². The molecule has 2 rings (SSSR count). The normalized spacial score (nSPS) is 10.6. The number of hydrogen-bond donors (Lipinski definition) is 1. The van der Waals surface area contributed by atoms with E-state index >= 15 is 0 Å². The van der Waals surface area contributed by atoms with Crippen LogP contribution < -0.4 is 0 Å². The predicted octanol–water partition coefficient (Wildman–Crippen LogP) is 2.68. The molecule has 13 heavy (non-hydrogen) atoms. The molecule has 0 aliphatic carbocycles. The smallest absolute Gasteiger partial charge is 0.159 e. The van der Waals surface area contributed by atoms with Crippen molar-refractivity contribution in [1.29, 1.82) is 0 Å². The summed E-state index contributed by atoms with van der Waals surface area (Å²) in [6.07, 6.45) is 1.89. The van der Waals surface area contributed by atoms with E-state index in [1.165, 1.54) is 0 Å². The Morgan fingerprint density at radius 2 is 2.15 bits per heavy atom. The molecule has 1 heterocycles. The fourth-order valence-corrected chi connectivity index (χ4v) is 1.56. The Labute approximate surface area is 76.6 Å². The monoisotopic (exact) mass is 173 g/mol. The van der Waals surface area contributed by atoms with Gasteiger partial charge in [-0.1, -0.05) is 0 Å². The molecule has 2 heteroatoms. The maximum absolute atomic E-state index is 11.2. The maximum atomic E-state index is 11.2. The predicted molar refractivity (Wildman–Crippen MR) is 53.0 cm³/mol. The van der Waals surface area contributed by atoms with Gasteiger partial charge in [0.25, 0.3) is 0 Å². The topological polar surface area (TPSA) is 32.9 Å². The highest BCUT2D eigenvalue weighted by molar-refractivity contribution is 5.98. The third-order valence-corrected chi connectivity index (χ3v) is 2.26. The second kappa shape index (κ2) is 2.73. The number of aromatic nitrogens is 1. The second-order valence-electron chi connectivity index (χ2n) is 3.29. The molecule has 1 aromatic carbocycles. The Kier molecular flexibility index (Phi) is 1.69. The largest absolute Gasteiger partial charge is 0.361 e. The number of aromatic amines is 1. The van der Waals surface area contributed by atoms with Gasteiger partial charge in [-0.3, -0.25) is 4.79 Å². The van der Waals surface area contributed by atoms with Gasteiger partial charge in [0.1, 0.15) is 0 Å². The van der Waals surface area contributed by atoms with Crippen LogP contribution in [0.15, 0.2) is 24.4 Å². The minimum absolute atomic E-state index is 0.117. The number of aryl methyl sites for hydroxylation is 1. The number of benzene rings is 1. The summed E-state index contributed by atoms with van der Waals surface area (Å²) in [7, 11) is 0. The molecule has 0 bridgehead atoms. The molecule has 66 valence electrons. The lowest BCUT2D eigenvalue weighted by Crippen LogP contribution is -1.92. The van der Waals surface area contributed by atoms with Crippen LogP contribution in [0.1, 0.15) is 22.8 Å². The molecule has 0 saturated carbocycles. The molecule has 0 aliphatic heterocycles. The van der Waals surface area contributed by atoms with E-state index in [0.717, 1.165) is 22.0 Å². The van der Waals surface area contributed by atoms with Crippen LogP contribution in [0.5, 0.6) is 0 Å². The average Bonchev–Trinajstić information content (AvgIpc) is 2.51. The van der Waals surface area contributed by atoms with Crippen LogP contribution in [-0.4, -0.2) is 10.8 Å². The van der Waals surface area contributed by atoms with E-state index in [9.17, 15) is 4.79 Å². The fourth-order valence-electron chi connectivity index (χ4n) is 1.56. The van der Waals surface area contributed by atoms with Crippen LogP contribution in [0, 0.1) is 6.92 Å². The first kappa shape index (κ1) is 8.05. The third kappa shape index (κ3) is 1.24. The average molecular weight is 173 g/mol. The molecule has 0 radical (unpaired) electrons. The van der Waals surface area contributed by atoms with Crippen molar-refractivity contribution in [2.75, 3.05) is 0 Å². The SMILES string of the molecule is CC(=O)c1cc(C)c2[nH]ccc2c1. The van der Waals surface area contributed by atoms with Gasteiger partial charge in [0, 0.05) is 22.7 Å². The molecule has 0 aliphatic rings. The summed E-state index contributed by atoms with van der Waals surface area (Å²) < 4.78 is 0. The van der Waals surface area contributed by atoms with Crippen molar-refractivity contribution in [3.05, 3.63) is 35.5 Å². The number of fused-ring (bicyclic) bond motifs is 1. The van der Waals surface area contributed by atoms with Crippen LogP contribution in [-0.2, 0) is 0 Å². The van der Waals surface area contributed by atoms with E-state index in [1.807, 2.05) is 31.3 Å². The van der Waals surface area contributed by atoms with Gasteiger partial charge in [0.2, 0.25) is 0 Å². The zero-order chi connectivity index (χ0) is 9.42. The lowest BCUT2D eigenvalue weighted by molar-refractivity contribution is 0.101. The van der Waals surface area contributed by atoms with Crippen molar-refractivity contribution in [3.8, 4) is 0 Å². The van der Waals surface area contributed by atoms with Crippen molar-refractivity contribution < 1.29 is 4.79 Å². The lowest BCUT2D eigenvalue weighted by atomic mass is 10.1. The zero-order valence-corrected chi connectivity index (χ0v) is 7.72. The number of rotatable bonds is 1. The van der Waals surface area contributed by atoms with Gasteiger partial charge < -0.3 is 4.98 Å². The first-order valence-corrected chi connectivity index (χ1v) is 4.27. The number of H-pyrrole nitrogens is 1. The molecule has 2 aromatic rings. The van der Waals surface area contributed by atoms with Gasteiger partial charge in [0.05, 0.1) is 0 Å². The number of Topliss-reactive ketones (excluding diaryl/α,β-unsaturated/α-hetero) is 1. The van der Waals surface area contributed by atoms with Crippen molar-refractivity contribution in [1.82, 2.24) is 4.98 Å². The van der Waals surface area contributed by atoms with Gasteiger partial charge in [0.15, 0.2) is 5.78 Å². The molecule has 0 saturated heterocycles. The first-order valence-electron chi connectivity index (χ1n) is 4.27. The minimum Gasteiger partial charge on any atom is -0.361 e. The van der Waals surface area contributed by atoms with E-state index in [0.29, 0.717) is 0 Å². The lowest BCUT2D eigenvalue weighted by Gasteiger charge is -2.00. The highest BCUT2D eigenvalue weighted by atomic mass is 16.1. The first-order chi connectivity index (χ1) is 6.18. The number of carbonyl (C=O) groups excluding carboxylic acids is 1. The van der Waals surface area contributed by atoms with Crippen molar-refractivity contribution in [3.63, 3.8) is 0 Å². The summed E-state index contributed by atoms with van der Waals surface area (Å²) in [5, 5.41) is 1.10.